The summed E-state index contributed by atoms with van der Waals surface area (Å²) in [5.74, 6) is 2.46. The van der Waals surface area contributed by atoms with Crippen LogP contribution in [0.1, 0.15) is 13.8 Å². The van der Waals surface area contributed by atoms with Gasteiger partial charge in [0.05, 0.1) is 0 Å². The smallest absolute Gasteiger partial charge is 0.0370 e. The van der Waals surface area contributed by atoms with Crippen molar-refractivity contribution in [2.24, 2.45) is 5.92 Å². The molecule has 0 aromatic rings. The molecule has 9 heavy (non-hydrogen) atoms. The van der Waals surface area contributed by atoms with Crippen LogP contribution in [0.25, 0.3) is 0 Å². The van der Waals surface area contributed by atoms with E-state index in [0.29, 0.717) is 17.6 Å². The van der Waals surface area contributed by atoms with E-state index in [4.69, 9.17) is 11.6 Å². The Labute approximate surface area is 64.2 Å². The molecule has 1 unspecified atom stereocenters. The number of halogens is 1. The first kappa shape index (κ1) is 9.44. The fourth-order valence-corrected chi connectivity index (χ4v) is 2.14. The summed E-state index contributed by atoms with van der Waals surface area (Å²) in [6.07, 6.45) is 0. The SMILES string of the molecule is CC(C)CS(=O)CCCl. The standard InChI is InChI=1S/C6H13ClOS/c1-6(2)5-9(8)4-3-7/h6H,3-5H2,1-2H3. The summed E-state index contributed by atoms with van der Waals surface area (Å²) >= 11 is 5.39. The van der Waals surface area contributed by atoms with E-state index >= 15 is 0 Å². The van der Waals surface area contributed by atoms with E-state index in [2.05, 4.69) is 13.8 Å². The monoisotopic (exact) mass is 168 g/mol. The van der Waals surface area contributed by atoms with Crippen LogP contribution in [0.3, 0.4) is 0 Å². The van der Waals surface area contributed by atoms with Crippen LogP contribution < -0.4 is 0 Å². The molecule has 0 N–H and O–H groups in total. The van der Waals surface area contributed by atoms with Crippen molar-refractivity contribution < 1.29 is 4.21 Å². The molecule has 0 aromatic heterocycles. The van der Waals surface area contributed by atoms with Gasteiger partial charge in [-0.2, -0.15) is 0 Å². The predicted octanol–water partition coefficient (Wildman–Crippen LogP) is 1.63. The zero-order chi connectivity index (χ0) is 7.28. The molecular formula is C6H13ClOS. The molecule has 0 fully saturated rings. The second-order valence-corrected chi connectivity index (χ2v) is 4.39. The van der Waals surface area contributed by atoms with Gasteiger partial charge >= 0.3 is 0 Å². The highest BCUT2D eigenvalue weighted by molar-refractivity contribution is 7.85. The van der Waals surface area contributed by atoms with Gasteiger partial charge in [-0.05, 0) is 5.92 Å². The molecule has 0 heterocycles. The molecule has 0 spiro atoms. The molecule has 0 aliphatic heterocycles. The van der Waals surface area contributed by atoms with Crippen molar-refractivity contribution in [1.82, 2.24) is 0 Å². The maximum Gasteiger partial charge on any atom is 0.0370 e. The van der Waals surface area contributed by atoms with E-state index in [0.717, 1.165) is 5.75 Å². The largest absolute Gasteiger partial charge is 0.260 e. The quantitative estimate of drug-likeness (QED) is 0.584. The highest BCUT2D eigenvalue weighted by Crippen LogP contribution is 1.96. The van der Waals surface area contributed by atoms with Gasteiger partial charge in [0.2, 0.25) is 0 Å². The highest BCUT2D eigenvalue weighted by Gasteiger charge is 2.00. The number of alkyl halides is 1. The van der Waals surface area contributed by atoms with Gasteiger partial charge in [-0.25, -0.2) is 0 Å². The van der Waals surface area contributed by atoms with Crippen molar-refractivity contribution in [3.05, 3.63) is 0 Å². The van der Waals surface area contributed by atoms with Crippen molar-refractivity contribution in [3.63, 3.8) is 0 Å². The van der Waals surface area contributed by atoms with E-state index in [1.807, 2.05) is 0 Å². The third kappa shape index (κ3) is 6.32. The lowest BCUT2D eigenvalue weighted by atomic mass is 10.3. The van der Waals surface area contributed by atoms with Gasteiger partial charge in [-0.15, -0.1) is 11.6 Å². The van der Waals surface area contributed by atoms with E-state index in [1.54, 1.807) is 0 Å². The Hall–Kier alpha value is 0.440. The van der Waals surface area contributed by atoms with Crippen molar-refractivity contribution in [2.45, 2.75) is 13.8 Å². The first-order valence-corrected chi connectivity index (χ1v) is 5.10. The highest BCUT2D eigenvalue weighted by atomic mass is 35.5. The Bertz CT molecular complexity index is 93.1. The Kier molecular flexibility index (Phi) is 5.50. The zero-order valence-corrected chi connectivity index (χ0v) is 7.47. The lowest BCUT2D eigenvalue weighted by Crippen LogP contribution is -2.08. The van der Waals surface area contributed by atoms with Gasteiger partial charge < -0.3 is 0 Å². The fraction of sp³-hybridized carbons (Fsp3) is 1.00. The van der Waals surface area contributed by atoms with Crippen LogP contribution in [-0.4, -0.2) is 21.6 Å². The Balaban J connectivity index is 3.27. The summed E-state index contributed by atoms with van der Waals surface area (Å²) in [6.45, 7) is 4.12. The van der Waals surface area contributed by atoms with Gasteiger partial charge in [-0.1, -0.05) is 13.8 Å². The second-order valence-electron chi connectivity index (χ2n) is 2.39. The molecule has 1 nitrogen and oxygen atoms in total. The van der Waals surface area contributed by atoms with Crippen LogP contribution in [0.4, 0.5) is 0 Å². The maximum absolute atomic E-state index is 10.9. The summed E-state index contributed by atoms with van der Waals surface area (Å²) in [6, 6.07) is 0. The zero-order valence-electron chi connectivity index (χ0n) is 5.89. The van der Waals surface area contributed by atoms with Crippen LogP contribution in [0, 0.1) is 5.92 Å². The van der Waals surface area contributed by atoms with Crippen LogP contribution >= 0.6 is 11.6 Å². The lowest BCUT2D eigenvalue weighted by molar-refractivity contribution is 0.666. The molecule has 0 aliphatic carbocycles. The summed E-state index contributed by atoms with van der Waals surface area (Å²) < 4.78 is 10.9. The summed E-state index contributed by atoms with van der Waals surface area (Å²) in [5.41, 5.74) is 0. The number of hydrogen-bond acceptors (Lipinski definition) is 1. The number of hydrogen-bond donors (Lipinski definition) is 0. The fourth-order valence-electron chi connectivity index (χ4n) is 0.541. The predicted molar refractivity (Wildman–Crippen MR) is 43.4 cm³/mol. The van der Waals surface area contributed by atoms with Crippen LogP contribution in [0.15, 0.2) is 0 Å². The molecule has 0 saturated heterocycles. The van der Waals surface area contributed by atoms with Gasteiger partial charge in [0, 0.05) is 28.2 Å². The molecule has 0 amide bonds. The minimum absolute atomic E-state index is 0.513. The molecule has 56 valence electrons. The van der Waals surface area contributed by atoms with Crippen molar-refractivity contribution >= 4 is 22.4 Å². The molecule has 0 saturated carbocycles. The average Bonchev–Trinajstić information content (AvgIpc) is 1.63. The van der Waals surface area contributed by atoms with E-state index in [1.165, 1.54) is 0 Å². The number of rotatable bonds is 4. The molecule has 0 bridgehead atoms. The molecule has 0 aliphatic rings. The van der Waals surface area contributed by atoms with Gasteiger partial charge in [0.1, 0.15) is 0 Å². The Morgan fingerprint density at radius 2 is 2.11 bits per heavy atom. The normalized spacial score (nSPS) is 14.2. The van der Waals surface area contributed by atoms with Crippen molar-refractivity contribution in [1.29, 1.82) is 0 Å². The molecule has 0 radical (unpaired) electrons. The summed E-state index contributed by atoms with van der Waals surface area (Å²) in [7, 11) is -0.682. The minimum atomic E-state index is -0.682. The lowest BCUT2D eigenvalue weighted by Gasteiger charge is -2.01. The molecular weight excluding hydrogens is 156 g/mol. The second kappa shape index (κ2) is 5.24. The maximum atomic E-state index is 10.9. The first-order valence-electron chi connectivity index (χ1n) is 3.07. The molecule has 0 aromatic carbocycles. The summed E-state index contributed by atoms with van der Waals surface area (Å²) in [5, 5.41) is 0. The van der Waals surface area contributed by atoms with Gasteiger partial charge in [0.15, 0.2) is 0 Å². The summed E-state index contributed by atoms with van der Waals surface area (Å²) in [4.78, 5) is 0. The average molecular weight is 169 g/mol. The third-order valence-corrected chi connectivity index (χ3v) is 2.94. The first-order chi connectivity index (χ1) is 4.16. The van der Waals surface area contributed by atoms with E-state index in [9.17, 15) is 4.21 Å². The molecule has 0 rings (SSSR count). The Morgan fingerprint density at radius 3 is 2.44 bits per heavy atom. The van der Waals surface area contributed by atoms with Gasteiger partial charge in [0.25, 0.3) is 0 Å². The van der Waals surface area contributed by atoms with Crippen LogP contribution in [0.2, 0.25) is 0 Å². The van der Waals surface area contributed by atoms with Crippen molar-refractivity contribution in [2.75, 3.05) is 17.4 Å². The Morgan fingerprint density at radius 1 is 1.56 bits per heavy atom. The van der Waals surface area contributed by atoms with Crippen LogP contribution in [0.5, 0.6) is 0 Å². The molecule has 3 heteroatoms. The topological polar surface area (TPSA) is 17.1 Å². The minimum Gasteiger partial charge on any atom is -0.260 e. The molecule has 1 atom stereocenters. The van der Waals surface area contributed by atoms with E-state index in [-0.39, 0.29) is 0 Å². The van der Waals surface area contributed by atoms with E-state index < -0.39 is 10.8 Å². The third-order valence-electron chi connectivity index (χ3n) is 0.824. The van der Waals surface area contributed by atoms with Crippen molar-refractivity contribution in [3.8, 4) is 0 Å². The van der Waals surface area contributed by atoms with Crippen LogP contribution in [-0.2, 0) is 10.8 Å². The van der Waals surface area contributed by atoms with Gasteiger partial charge in [-0.3, -0.25) is 4.21 Å².